The zero-order valence-corrected chi connectivity index (χ0v) is 36.1. The molecule has 7 atom stereocenters. The number of aliphatic hydroxyl groups is 5. The average Bonchev–Trinajstić information content (AvgIpc) is 3.20. The third kappa shape index (κ3) is 28.2. The number of rotatable bonds is 39. The third-order valence-corrected chi connectivity index (χ3v) is 11.3. The smallest absolute Gasteiger partial charge is 0.220 e. The zero-order chi connectivity index (χ0) is 40.9. The molecule has 1 heterocycles. The van der Waals surface area contributed by atoms with Crippen molar-refractivity contribution in [2.24, 2.45) is 0 Å². The van der Waals surface area contributed by atoms with E-state index < -0.39 is 49.5 Å². The van der Waals surface area contributed by atoms with Crippen LogP contribution < -0.4 is 5.32 Å². The quantitative estimate of drug-likeness (QED) is 0.0266. The van der Waals surface area contributed by atoms with Gasteiger partial charge in [0.25, 0.3) is 0 Å². The summed E-state index contributed by atoms with van der Waals surface area (Å²) in [4.78, 5) is 13.0. The topological polar surface area (TPSA) is 149 Å². The van der Waals surface area contributed by atoms with Crippen molar-refractivity contribution in [3.05, 3.63) is 24.3 Å². The molecule has 1 aliphatic heterocycles. The van der Waals surface area contributed by atoms with Crippen molar-refractivity contribution in [3.8, 4) is 0 Å². The maximum absolute atomic E-state index is 13.0. The van der Waals surface area contributed by atoms with E-state index in [4.69, 9.17) is 9.47 Å². The Kier molecular flexibility index (Phi) is 35.7. The largest absolute Gasteiger partial charge is 0.394 e. The van der Waals surface area contributed by atoms with Gasteiger partial charge in [-0.3, -0.25) is 4.79 Å². The van der Waals surface area contributed by atoms with Crippen LogP contribution in [0.4, 0.5) is 0 Å². The molecular formula is C47H89NO8. The van der Waals surface area contributed by atoms with Crippen molar-refractivity contribution < 1.29 is 39.8 Å². The normalized spacial score (nSPS) is 21.3. The molecule has 0 aromatic heterocycles. The fourth-order valence-electron chi connectivity index (χ4n) is 7.44. The maximum Gasteiger partial charge on any atom is 0.220 e. The lowest BCUT2D eigenvalue weighted by Crippen LogP contribution is -2.60. The molecule has 0 bridgehead atoms. The molecule has 330 valence electrons. The summed E-state index contributed by atoms with van der Waals surface area (Å²) in [6, 6.07) is -0.802. The van der Waals surface area contributed by atoms with Gasteiger partial charge in [-0.25, -0.2) is 0 Å². The van der Waals surface area contributed by atoms with E-state index >= 15 is 0 Å². The molecule has 1 fully saturated rings. The molecule has 1 aliphatic rings. The van der Waals surface area contributed by atoms with Gasteiger partial charge in [-0.15, -0.1) is 0 Å². The Hall–Kier alpha value is -1.33. The Morgan fingerprint density at radius 2 is 1.00 bits per heavy atom. The van der Waals surface area contributed by atoms with Crippen LogP contribution in [0, 0.1) is 0 Å². The van der Waals surface area contributed by atoms with Crippen molar-refractivity contribution >= 4 is 5.91 Å². The maximum atomic E-state index is 13.0. The van der Waals surface area contributed by atoms with Gasteiger partial charge in [0.05, 0.1) is 25.4 Å². The molecule has 56 heavy (non-hydrogen) atoms. The summed E-state index contributed by atoms with van der Waals surface area (Å²) in [5.41, 5.74) is 0. The van der Waals surface area contributed by atoms with Crippen molar-refractivity contribution in [1.29, 1.82) is 0 Å². The van der Waals surface area contributed by atoms with Crippen molar-refractivity contribution in [1.82, 2.24) is 5.32 Å². The molecule has 6 N–H and O–H groups in total. The van der Waals surface area contributed by atoms with Gasteiger partial charge in [0, 0.05) is 6.42 Å². The van der Waals surface area contributed by atoms with E-state index in [9.17, 15) is 30.3 Å². The monoisotopic (exact) mass is 796 g/mol. The molecule has 0 aromatic carbocycles. The molecule has 0 aliphatic carbocycles. The molecule has 1 rings (SSSR count). The number of unbranched alkanes of at least 4 members (excludes halogenated alkanes) is 27. The van der Waals surface area contributed by atoms with Gasteiger partial charge < -0.3 is 40.3 Å². The third-order valence-electron chi connectivity index (χ3n) is 11.3. The minimum Gasteiger partial charge on any atom is -0.394 e. The number of carbonyl (C=O) groups excluding carboxylic acids is 1. The minimum atomic E-state index is -1.56. The van der Waals surface area contributed by atoms with Gasteiger partial charge in [-0.2, -0.15) is 0 Å². The van der Waals surface area contributed by atoms with Crippen LogP contribution in [0.1, 0.15) is 213 Å². The molecule has 7 unspecified atom stereocenters. The van der Waals surface area contributed by atoms with Crippen LogP contribution in [0.2, 0.25) is 0 Å². The second-order valence-corrected chi connectivity index (χ2v) is 16.5. The average molecular weight is 796 g/mol. The summed E-state index contributed by atoms with van der Waals surface area (Å²) in [6.45, 7) is 3.77. The van der Waals surface area contributed by atoms with E-state index in [2.05, 4.69) is 31.3 Å². The van der Waals surface area contributed by atoms with E-state index in [-0.39, 0.29) is 12.5 Å². The van der Waals surface area contributed by atoms with Crippen LogP contribution in [0.25, 0.3) is 0 Å². The van der Waals surface area contributed by atoms with E-state index in [0.29, 0.717) is 6.42 Å². The van der Waals surface area contributed by atoms with Gasteiger partial charge in [0.2, 0.25) is 5.91 Å². The second kappa shape index (κ2) is 37.9. The van der Waals surface area contributed by atoms with Gasteiger partial charge in [0.15, 0.2) is 6.29 Å². The Bertz CT molecular complexity index is 930. The predicted octanol–water partition coefficient (Wildman–Crippen LogP) is 9.89. The highest BCUT2D eigenvalue weighted by atomic mass is 16.7. The number of nitrogens with one attached hydrogen (secondary N) is 1. The lowest BCUT2D eigenvalue weighted by molar-refractivity contribution is -0.302. The fourth-order valence-corrected chi connectivity index (χ4v) is 7.44. The molecule has 0 aromatic rings. The number of hydrogen-bond donors (Lipinski definition) is 6. The molecule has 1 amide bonds. The first kappa shape index (κ1) is 52.7. The van der Waals surface area contributed by atoms with Crippen LogP contribution in [0.5, 0.6) is 0 Å². The van der Waals surface area contributed by atoms with Crippen molar-refractivity contribution in [2.75, 3.05) is 13.2 Å². The van der Waals surface area contributed by atoms with Gasteiger partial charge in [-0.05, 0) is 44.9 Å². The summed E-state index contributed by atoms with van der Waals surface area (Å²) >= 11 is 0. The predicted molar refractivity (Wildman–Crippen MR) is 230 cm³/mol. The summed E-state index contributed by atoms with van der Waals surface area (Å²) in [7, 11) is 0. The van der Waals surface area contributed by atoms with Crippen molar-refractivity contribution in [3.63, 3.8) is 0 Å². The number of amides is 1. The summed E-state index contributed by atoms with van der Waals surface area (Å²) in [5, 5.41) is 54.2. The first-order valence-corrected chi connectivity index (χ1v) is 23.6. The summed E-state index contributed by atoms with van der Waals surface area (Å²) < 4.78 is 11.2. The Morgan fingerprint density at radius 1 is 0.589 bits per heavy atom. The van der Waals surface area contributed by atoms with Crippen LogP contribution in [0.15, 0.2) is 24.3 Å². The highest BCUT2D eigenvalue weighted by molar-refractivity contribution is 5.76. The first-order valence-electron chi connectivity index (χ1n) is 23.6. The lowest BCUT2D eigenvalue weighted by atomic mass is 9.99. The molecule has 0 radical (unpaired) electrons. The molecule has 0 saturated carbocycles. The molecule has 9 nitrogen and oxygen atoms in total. The van der Waals surface area contributed by atoms with Crippen LogP contribution in [-0.2, 0) is 14.3 Å². The standard InChI is InChI=1S/C47H89NO8/c1-3-5-7-9-11-13-15-17-19-20-21-22-23-25-27-29-31-33-35-37-43(51)48-40(39-55-47-46(54)45(53)44(52)42(38-49)56-47)41(50)36-34-32-30-28-26-24-18-16-14-12-10-8-6-4-2/h17,19,34,36,40-42,44-47,49-50,52-54H,3-16,18,20-33,35,37-39H2,1-2H3,(H,48,51)/b19-17-,36-34+. The van der Waals surface area contributed by atoms with Gasteiger partial charge >= 0.3 is 0 Å². The number of aliphatic hydroxyl groups excluding tert-OH is 5. The van der Waals surface area contributed by atoms with Crippen LogP contribution in [-0.4, -0.2) is 87.5 Å². The van der Waals surface area contributed by atoms with Crippen molar-refractivity contribution in [2.45, 2.75) is 256 Å². The summed E-state index contributed by atoms with van der Waals surface area (Å²) in [6.07, 6.45) is 37.9. The number of allylic oxidation sites excluding steroid dienone is 3. The van der Waals surface area contributed by atoms with E-state index in [1.165, 1.54) is 154 Å². The molecule has 1 saturated heterocycles. The SMILES string of the molecule is CCCCCCCC/C=C\CCCCCCCCCCCC(=O)NC(COC1OC(CO)C(O)C(O)C1O)C(O)/C=C/CCCCCCCCCCCCCC. The number of ether oxygens (including phenoxy) is 2. The van der Waals surface area contributed by atoms with Crippen LogP contribution >= 0.6 is 0 Å². The fraction of sp³-hybridized carbons (Fsp3) is 0.894. The zero-order valence-electron chi connectivity index (χ0n) is 36.1. The minimum absolute atomic E-state index is 0.179. The number of carbonyl (C=O) groups is 1. The molecular weight excluding hydrogens is 707 g/mol. The molecule has 9 heteroatoms. The Morgan fingerprint density at radius 3 is 1.45 bits per heavy atom. The van der Waals surface area contributed by atoms with E-state index in [0.717, 1.165) is 38.5 Å². The Labute approximate surface area is 343 Å². The second-order valence-electron chi connectivity index (χ2n) is 16.5. The number of hydrogen-bond acceptors (Lipinski definition) is 8. The van der Waals surface area contributed by atoms with Gasteiger partial charge in [-0.1, -0.05) is 186 Å². The first-order chi connectivity index (χ1) is 27.3. The summed E-state index contributed by atoms with van der Waals surface area (Å²) in [5.74, 6) is -0.179. The highest BCUT2D eigenvalue weighted by Gasteiger charge is 2.44. The van der Waals surface area contributed by atoms with E-state index in [1.54, 1.807) is 6.08 Å². The lowest BCUT2D eigenvalue weighted by Gasteiger charge is -2.40. The van der Waals surface area contributed by atoms with Gasteiger partial charge in [0.1, 0.15) is 24.4 Å². The molecule has 0 spiro atoms. The van der Waals surface area contributed by atoms with Crippen LogP contribution in [0.3, 0.4) is 0 Å². The Balaban J connectivity index is 2.33. The van der Waals surface area contributed by atoms with E-state index in [1.807, 2.05) is 6.08 Å². The highest BCUT2D eigenvalue weighted by Crippen LogP contribution is 2.23.